The zero-order valence-electron chi connectivity index (χ0n) is 14.6. The number of likely N-dealkylation sites (N-methyl/N-ethyl adjacent to an activating group) is 1. The zero-order valence-corrected chi connectivity index (χ0v) is 15.4. The maximum atomic E-state index is 12.1. The summed E-state index contributed by atoms with van der Waals surface area (Å²) in [5.74, 6) is -1.80. The minimum atomic E-state index is -3.47. The molecule has 0 aliphatic rings. The summed E-state index contributed by atoms with van der Waals surface area (Å²) < 4.78 is 28.0. The molecule has 1 rings (SSSR count). The molecule has 1 atom stereocenters. The van der Waals surface area contributed by atoms with Gasteiger partial charge in [0, 0.05) is 12.8 Å². The lowest BCUT2D eigenvalue weighted by molar-refractivity contribution is -0.130. The van der Waals surface area contributed by atoms with Gasteiger partial charge in [-0.1, -0.05) is 6.07 Å². The Labute approximate surface area is 146 Å². The van der Waals surface area contributed by atoms with Crippen molar-refractivity contribution in [2.75, 3.05) is 19.4 Å². The number of sulfone groups is 1. The first kappa shape index (κ1) is 20.6. The van der Waals surface area contributed by atoms with Crippen molar-refractivity contribution in [3.05, 3.63) is 29.3 Å². The van der Waals surface area contributed by atoms with E-state index in [9.17, 15) is 22.8 Å². The van der Waals surface area contributed by atoms with Crippen molar-refractivity contribution in [3.63, 3.8) is 0 Å². The van der Waals surface area contributed by atoms with Crippen LogP contribution in [0.25, 0.3) is 0 Å². The summed E-state index contributed by atoms with van der Waals surface area (Å²) in [6.07, 6.45) is 1.03. The molecule has 8 nitrogen and oxygen atoms in total. The number of ether oxygens (including phenoxy) is 1. The summed E-state index contributed by atoms with van der Waals surface area (Å²) >= 11 is 0. The fourth-order valence-electron chi connectivity index (χ4n) is 1.94. The molecule has 0 aliphatic heterocycles. The molecule has 0 saturated carbocycles. The number of benzene rings is 1. The third-order valence-electron chi connectivity index (χ3n) is 3.31. The summed E-state index contributed by atoms with van der Waals surface area (Å²) in [5.41, 5.74) is 0.584. The van der Waals surface area contributed by atoms with Crippen molar-refractivity contribution >= 4 is 27.6 Å². The first-order chi connectivity index (χ1) is 11.6. The first-order valence-corrected chi connectivity index (χ1v) is 9.50. The molecule has 0 aromatic heterocycles. The number of amides is 2. The summed E-state index contributed by atoms with van der Waals surface area (Å²) in [6.45, 7) is 4.74. The normalized spacial score (nSPS) is 12.2. The van der Waals surface area contributed by atoms with Gasteiger partial charge >= 0.3 is 5.97 Å². The summed E-state index contributed by atoms with van der Waals surface area (Å²) in [6, 6.07) is 3.33. The Morgan fingerprint density at radius 3 is 2.44 bits per heavy atom. The Morgan fingerprint density at radius 1 is 1.24 bits per heavy atom. The fourth-order valence-corrected chi connectivity index (χ4v) is 2.58. The molecular weight excluding hydrogens is 348 g/mol. The molecule has 0 fully saturated rings. The van der Waals surface area contributed by atoms with E-state index in [1.54, 1.807) is 13.8 Å². The Kier molecular flexibility index (Phi) is 7.10. The van der Waals surface area contributed by atoms with Gasteiger partial charge in [0.05, 0.1) is 10.5 Å². The van der Waals surface area contributed by atoms with Crippen molar-refractivity contribution in [2.45, 2.75) is 31.7 Å². The smallest absolute Gasteiger partial charge is 0.338 e. The number of rotatable bonds is 7. The molecule has 1 aromatic rings. The number of carbonyl (C=O) groups excluding carboxylic acids is 3. The molecule has 0 radical (unpaired) electrons. The highest BCUT2D eigenvalue weighted by atomic mass is 32.2. The standard InChI is InChI=1S/C16H22N2O6S/c1-5-17-15(20)11(3)18-14(19)9-24-16(21)13-8-12(25(4,22)23)7-6-10(13)2/h6-8,11H,5,9H2,1-4H3,(H,17,20)(H,18,19)/t11-/m0/s1. The highest BCUT2D eigenvalue weighted by molar-refractivity contribution is 7.90. The van der Waals surface area contributed by atoms with Gasteiger partial charge in [0.25, 0.3) is 5.91 Å². The Morgan fingerprint density at radius 2 is 1.88 bits per heavy atom. The molecule has 0 aliphatic carbocycles. The van der Waals surface area contributed by atoms with Crippen LogP contribution in [0.1, 0.15) is 29.8 Å². The maximum Gasteiger partial charge on any atom is 0.338 e. The van der Waals surface area contributed by atoms with E-state index in [0.717, 1.165) is 6.26 Å². The van der Waals surface area contributed by atoms with Gasteiger partial charge in [-0.05, 0) is 38.5 Å². The molecule has 0 spiro atoms. The highest BCUT2D eigenvalue weighted by Crippen LogP contribution is 2.16. The SMILES string of the molecule is CCNC(=O)[C@H](C)NC(=O)COC(=O)c1cc(S(C)(=O)=O)ccc1C. The van der Waals surface area contributed by atoms with Gasteiger partial charge in [-0.3, -0.25) is 9.59 Å². The average molecular weight is 370 g/mol. The second-order valence-corrected chi connectivity index (χ2v) is 7.52. The topological polar surface area (TPSA) is 119 Å². The van der Waals surface area contributed by atoms with Gasteiger partial charge in [0.2, 0.25) is 5.91 Å². The molecule has 1 aromatic carbocycles. The van der Waals surface area contributed by atoms with E-state index < -0.39 is 34.4 Å². The maximum absolute atomic E-state index is 12.1. The molecule has 0 bridgehead atoms. The van der Waals surface area contributed by atoms with E-state index >= 15 is 0 Å². The monoisotopic (exact) mass is 370 g/mol. The summed E-state index contributed by atoms with van der Waals surface area (Å²) in [5, 5.41) is 4.95. The molecule has 2 amide bonds. The van der Waals surface area contributed by atoms with Crippen molar-refractivity contribution in [1.82, 2.24) is 10.6 Å². The van der Waals surface area contributed by atoms with Gasteiger partial charge < -0.3 is 15.4 Å². The van der Waals surface area contributed by atoms with E-state index in [1.165, 1.54) is 25.1 Å². The molecule has 25 heavy (non-hydrogen) atoms. The summed E-state index contributed by atoms with van der Waals surface area (Å²) in [7, 11) is -3.47. The van der Waals surface area contributed by atoms with Crippen molar-refractivity contribution in [1.29, 1.82) is 0 Å². The van der Waals surface area contributed by atoms with Crippen LogP contribution in [0.5, 0.6) is 0 Å². The molecular formula is C16H22N2O6S. The van der Waals surface area contributed by atoms with E-state index in [2.05, 4.69) is 10.6 Å². The second-order valence-electron chi connectivity index (χ2n) is 5.51. The predicted molar refractivity (Wildman–Crippen MR) is 90.9 cm³/mol. The number of hydrogen-bond acceptors (Lipinski definition) is 6. The predicted octanol–water partition coefficient (Wildman–Crippen LogP) is 0.196. The number of carbonyl (C=O) groups is 3. The Balaban J connectivity index is 2.71. The van der Waals surface area contributed by atoms with Crippen molar-refractivity contribution < 1.29 is 27.5 Å². The van der Waals surface area contributed by atoms with Crippen LogP contribution in [0.3, 0.4) is 0 Å². The second kappa shape index (κ2) is 8.61. The van der Waals surface area contributed by atoms with E-state index in [1.807, 2.05) is 0 Å². The zero-order chi connectivity index (χ0) is 19.2. The van der Waals surface area contributed by atoms with Crippen LogP contribution >= 0.6 is 0 Å². The third-order valence-corrected chi connectivity index (χ3v) is 4.42. The van der Waals surface area contributed by atoms with Gasteiger partial charge in [-0.2, -0.15) is 0 Å². The average Bonchev–Trinajstić information content (AvgIpc) is 2.52. The first-order valence-electron chi connectivity index (χ1n) is 7.61. The number of esters is 1. The molecule has 138 valence electrons. The number of hydrogen-bond donors (Lipinski definition) is 2. The van der Waals surface area contributed by atoms with Gasteiger partial charge in [-0.25, -0.2) is 13.2 Å². The van der Waals surface area contributed by atoms with Crippen LogP contribution in [-0.2, 0) is 24.2 Å². The van der Waals surface area contributed by atoms with Crippen LogP contribution in [0.15, 0.2) is 23.1 Å². The van der Waals surface area contributed by atoms with Crippen molar-refractivity contribution in [2.24, 2.45) is 0 Å². The van der Waals surface area contributed by atoms with Gasteiger partial charge in [0.15, 0.2) is 16.4 Å². The molecule has 0 saturated heterocycles. The number of nitrogens with one attached hydrogen (secondary N) is 2. The van der Waals surface area contributed by atoms with Crippen molar-refractivity contribution in [3.8, 4) is 0 Å². The third kappa shape index (κ3) is 6.18. The lowest BCUT2D eigenvalue weighted by Gasteiger charge is -2.13. The van der Waals surface area contributed by atoms with Gasteiger partial charge in [-0.15, -0.1) is 0 Å². The molecule has 2 N–H and O–H groups in total. The van der Waals surface area contributed by atoms with Crippen LogP contribution in [-0.4, -0.2) is 51.7 Å². The van der Waals surface area contributed by atoms with E-state index in [-0.39, 0.29) is 16.4 Å². The van der Waals surface area contributed by atoms with E-state index in [4.69, 9.17) is 4.74 Å². The number of aryl methyl sites for hydroxylation is 1. The fraction of sp³-hybridized carbons (Fsp3) is 0.438. The molecule has 0 heterocycles. The lowest BCUT2D eigenvalue weighted by Crippen LogP contribution is -2.46. The lowest BCUT2D eigenvalue weighted by atomic mass is 10.1. The molecule has 0 unspecified atom stereocenters. The highest BCUT2D eigenvalue weighted by Gasteiger charge is 2.18. The minimum Gasteiger partial charge on any atom is -0.452 e. The van der Waals surface area contributed by atoms with Crippen LogP contribution in [0, 0.1) is 6.92 Å². The van der Waals surface area contributed by atoms with E-state index in [0.29, 0.717) is 12.1 Å². The Bertz CT molecular complexity index is 773. The van der Waals surface area contributed by atoms with Crippen LogP contribution < -0.4 is 10.6 Å². The minimum absolute atomic E-state index is 0.0145. The summed E-state index contributed by atoms with van der Waals surface area (Å²) in [4.78, 5) is 35.3. The molecule has 9 heteroatoms. The van der Waals surface area contributed by atoms with Crippen LogP contribution in [0.2, 0.25) is 0 Å². The Hall–Kier alpha value is -2.42. The largest absolute Gasteiger partial charge is 0.452 e. The quantitative estimate of drug-likeness (QED) is 0.662. The van der Waals surface area contributed by atoms with Crippen LogP contribution in [0.4, 0.5) is 0 Å². The van der Waals surface area contributed by atoms with Gasteiger partial charge in [0.1, 0.15) is 6.04 Å².